The molecule has 0 aromatic heterocycles. The van der Waals surface area contributed by atoms with Gasteiger partial charge in [-0.05, 0) is 25.2 Å². The fourth-order valence-corrected chi connectivity index (χ4v) is 1.47. The van der Waals surface area contributed by atoms with Gasteiger partial charge in [-0.3, -0.25) is 4.79 Å². The summed E-state index contributed by atoms with van der Waals surface area (Å²) in [6.07, 6.45) is 1.04. The highest BCUT2D eigenvalue weighted by Gasteiger charge is 2.45. The van der Waals surface area contributed by atoms with Crippen molar-refractivity contribution in [2.45, 2.75) is 27.2 Å². The van der Waals surface area contributed by atoms with E-state index in [0.717, 1.165) is 6.42 Å². The van der Waals surface area contributed by atoms with Crippen molar-refractivity contribution in [2.24, 2.45) is 17.8 Å². The minimum absolute atomic E-state index is 0.00574. The minimum Gasteiger partial charge on any atom is -0.466 e. The molecule has 2 nitrogen and oxygen atoms in total. The quantitative estimate of drug-likeness (QED) is 0.583. The number of hydrogen-bond donors (Lipinski definition) is 0. The Kier molecular flexibility index (Phi) is 2.53. The van der Waals surface area contributed by atoms with Gasteiger partial charge in [0.2, 0.25) is 0 Å². The summed E-state index contributed by atoms with van der Waals surface area (Å²) in [5, 5.41) is 0. The molecule has 64 valence electrons. The van der Waals surface area contributed by atoms with Crippen LogP contribution in [0.4, 0.5) is 0 Å². The summed E-state index contributed by atoms with van der Waals surface area (Å²) >= 11 is 0. The van der Waals surface area contributed by atoms with Gasteiger partial charge in [0.15, 0.2) is 0 Å². The lowest BCUT2D eigenvalue weighted by Crippen LogP contribution is -2.09. The first-order valence-electron chi connectivity index (χ1n) is 4.33. The fraction of sp³-hybridized carbons (Fsp3) is 0.889. The van der Waals surface area contributed by atoms with E-state index < -0.39 is 0 Å². The first-order valence-corrected chi connectivity index (χ1v) is 4.33. The summed E-state index contributed by atoms with van der Waals surface area (Å²) in [6, 6.07) is 0. The molecule has 0 spiro atoms. The molecule has 0 radical (unpaired) electrons. The highest BCUT2D eigenvalue weighted by Crippen LogP contribution is 2.44. The van der Waals surface area contributed by atoms with Crippen LogP contribution in [0.3, 0.4) is 0 Å². The summed E-state index contributed by atoms with van der Waals surface area (Å²) in [7, 11) is 0. The van der Waals surface area contributed by atoms with Gasteiger partial charge in [-0.15, -0.1) is 0 Å². The molecule has 1 rings (SSSR count). The molecule has 2 heteroatoms. The van der Waals surface area contributed by atoms with E-state index in [0.29, 0.717) is 18.4 Å². The van der Waals surface area contributed by atoms with Crippen molar-refractivity contribution >= 4 is 5.97 Å². The monoisotopic (exact) mass is 156 g/mol. The molecule has 0 aromatic rings. The van der Waals surface area contributed by atoms with Gasteiger partial charge in [0.05, 0.1) is 12.5 Å². The second-order valence-corrected chi connectivity index (χ2v) is 3.50. The summed E-state index contributed by atoms with van der Waals surface area (Å²) in [5.74, 6) is 1.44. The molecule has 0 aliphatic heterocycles. The molecule has 0 amide bonds. The van der Waals surface area contributed by atoms with Crippen molar-refractivity contribution in [1.82, 2.24) is 0 Å². The van der Waals surface area contributed by atoms with E-state index in [1.807, 2.05) is 6.92 Å². The van der Waals surface area contributed by atoms with Gasteiger partial charge in [0.25, 0.3) is 0 Å². The Morgan fingerprint density at radius 2 is 2.27 bits per heavy atom. The first-order chi connectivity index (χ1) is 5.16. The number of esters is 1. The number of ether oxygens (including phenoxy) is 1. The topological polar surface area (TPSA) is 26.3 Å². The molecule has 0 aromatic carbocycles. The minimum atomic E-state index is 0.00574. The van der Waals surface area contributed by atoms with E-state index in [-0.39, 0.29) is 11.9 Å². The third kappa shape index (κ3) is 1.95. The summed E-state index contributed by atoms with van der Waals surface area (Å²) < 4.78 is 4.91. The van der Waals surface area contributed by atoms with E-state index >= 15 is 0 Å². The van der Waals surface area contributed by atoms with Gasteiger partial charge in [-0.2, -0.15) is 0 Å². The molecule has 1 saturated carbocycles. The van der Waals surface area contributed by atoms with Gasteiger partial charge < -0.3 is 4.74 Å². The molecule has 1 unspecified atom stereocenters. The van der Waals surface area contributed by atoms with Crippen molar-refractivity contribution in [1.29, 1.82) is 0 Å². The lowest BCUT2D eigenvalue weighted by atomic mass is 10.1. The second-order valence-electron chi connectivity index (χ2n) is 3.50. The van der Waals surface area contributed by atoms with E-state index in [9.17, 15) is 4.79 Å². The number of carbonyl (C=O) groups excluding carboxylic acids is 1. The molecule has 1 aliphatic carbocycles. The van der Waals surface area contributed by atoms with Crippen LogP contribution in [0.5, 0.6) is 0 Å². The zero-order valence-electron chi connectivity index (χ0n) is 7.46. The van der Waals surface area contributed by atoms with Crippen LogP contribution in [0, 0.1) is 17.8 Å². The Morgan fingerprint density at radius 3 is 2.64 bits per heavy atom. The van der Waals surface area contributed by atoms with Gasteiger partial charge in [-0.25, -0.2) is 0 Å². The highest BCUT2D eigenvalue weighted by molar-refractivity contribution is 5.75. The lowest BCUT2D eigenvalue weighted by Gasteiger charge is -2.02. The van der Waals surface area contributed by atoms with Crippen molar-refractivity contribution in [3.63, 3.8) is 0 Å². The van der Waals surface area contributed by atoms with Crippen molar-refractivity contribution in [3.8, 4) is 0 Å². The molecule has 1 aliphatic rings. The Labute approximate surface area is 67.9 Å². The third-order valence-electron chi connectivity index (χ3n) is 2.29. The maximum atomic E-state index is 11.1. The van der Waals surface area contributed by atoms with Crippen LogP contribution in [0.1, 0.15) is 27.2 Å². The number of hydrogen-bond acceptors (Lipinski definition) is 2. The van der Waals surface area contributed by atoms with Crippen LogP contribution in [0.25, 0.3) is 0 Å². The van der Waals surface area contributed by atoms with Crippen LogP contribution in [0.2, 0.25) is 0 Å². The van der Waals surface area contributed by atoms with Gasteiger partial charge >= 0.3 is 5.97 Å². The molecule has 11 heavy (non-hydrogen) atoms. The lowest BCUT2D eigenvalue weighted by molar-refractivity contribution is -0.145. The normalized spacial score (nSPS) is 28.7. The molecule has 0 heterocycles. The standard InChI is InChI=1S/C9H16O2/c1-4-11-9(10)8-5-7(8)6(2)3/h6-8H,4-5H2,1-3H3/t7?,8-/m0/s1. The van der Waals surface area contributed by atoms with Crippen LogP contribution < -0.4 is 0 Å². The van der Waals surface area contributed by atoms with E-state index in [2.05, 4.69) is 13.8 Å². The number of rotatable bonds is 3. The van der Waals surface area contributed by atoms with Gasteiger partial charge in [0, 0.05) is 0 Å². The van der Waals surface area contributed by atoms with Crippen molar-refractivity contribution < 1.29 is 9.53 Å². The smallest absolute Gasteiger partial charge is 0.309 e. The number of carbonyl (C=O) groups is 1. The molecule has 0 saturated heterocycles. The average molecular weight is 156 g/mol. The Bertz CT molecular complexity index is 152. The van der Waals surface area contributed by atoms with Crippen molar-refractivity contribution in [2.75, 3.05) is 6.61 Å². The molecule has 1 fully saturated rings. The van der Waals surface area contributed by atoms with Gasteiger partial charge in [-0.1, -0.05) is 13.8 Å². The molecular formula is C9H16O2. The molecule has 0 bridgehead atoms. The maximum absolute atomic E-state index is 11.1. The highest BCUT2D eigenvalue weighted by atomic mass is 16.5. The first kappa shape index (κ1) is 8.57. The SMILES string of the molecule is CCOC(=O)[C@H]1CC1C(C)C. The Morgan fingerprint density at radius 1 is 1.64 bits per heavy atom. The average Bonchev–Trinajstić information content (AvgIpc) is 2.65. The zero-order chi connectivity index (χ0) is 8.43. The Hall–Kier alpha value is -0.530. The van der Waals surface area contributed by atoms with Crippen LogP contribution in [-0.4, -0.2) is 12.6 Å². The summed E-state index contributed by atoms with van der Waals surface area (Å²) in [5.41, 5.74) is 0. The second kappa shape index (κ2) is 3.24. The Balaban J connectivity index is 2.26. The van der Waals surface area contributed by atoms with E-state index in [1.165, 1.54) is 0 Å². The zero-order valence-corrected chi connectivity index (χ0v) is 7.46. The molecule has 2 atom stereocenters. The van der Waals surface area contributed by atoms with Gasteiger partial charge in [0.1, 0.15) is 0 Å². The third-order valence-corrected chi connectivity index (χ3v) is 2.29. The summed E-state index contributed by atoms with van der Waals surface area (Å²) in [6.45, 7) is 6.68. The predicted octanol–water partition coefficient (Wildman–Crippen LogP) is 1.84. The van der Waals surface area contributed by atoms with E-state index in [1.54, 1.807) is 0 Å². The van der Waals surface area contributed by atoms with Crippen LogP contribution in [0.15, 0.2) is 0 Å². The molecular weight excluding hydrogens is 140 g/mol. The van der Waals surface area contributed by atoms with E-state index in [4.69, 9.17) is 4.74 Å². The predicted molar refractivity (Wildman–Crippen MR) is 43.1 cm³/mol. The van der Waals surface area contributed by atoms with Crippen LogP contribution in [-0.2, 0) is 9.53 Å². The fourth-order valence-electron chi connectivity index (χ4n) is 1.47. The summed E-state index contributed by atoms with van der Waals surface area (Å²) in [4.78, 5) is 11.1. The largest absolute Gasteiger partial charge is 0.466 e. The van der Waals surface area contributed by atoms with Crippen molar-refractivity contribution in [3.05, 3.63) is 0 Å². The van der Waals surface area contributed by atoms with Crippen LogP contribution >= 0.6 is 0 Å². The molecule has 0 N–H and O–H groups in total. The maximum Gasteiger partial charge on any atom is 0.309 e.